The van der Waals surface area contributed by atoms with Crippen molar-refractivity contribution in [2.75, 3.05) is 26.8 Å². The van der Waals surface area contributed by atoms with E-state index in [-0.39, 0.29) is 12.1 Å². The zero-order valence-electron chi connectivity index (χ0n) is 14.4. The number of carbonyl (C=O) groups is 1. The number of ether oxygens (including phenoxy) is 2. The summed E-state index contributed by atoms with van der Waals surface area (Å²) in [5.74, 6) is 0.501. The van der Waals surface area contributed by atoms with Crippen molar-refractivity contribution in [3.05, 3.63) is 0 Å². The summed E-state index contributed by atoms with van der Waals surface area (Å²) in [5.41, 5.74) is -0.436. The molecule has 2 unspecified atom stereocenters. The van der Waals surface area contributed by atoms with Crippen LogP contribution in [-0.2, 0) is 9.47 Å². The zero-order valence-corrected chi connectivity index (χ0v) is 14.4. The number of nitrogens with zero attached hydrogens (tertiary/aromatic N) is 1. The number of amides is 1. The molecular formula is C16H32N2O3. The average Bonchev–Trinajstić information content (AvgIpc) is 2.80. The Bertz CT molecular complexity index is 326. The SMILES string of the molecule is COCC(NCC1CCCN1C(=O)OC(C)(C)C)C(C)C. The molecule has 21 heavy (non-hydrogen) atoms. The zero-order chi connectivity index (χ0) is 16.0. The lowest BCUT2D eigenvalue weighted by Gasteiger charge is -2.30. The number of nitrogens with one attached hydrogen (secondary N) is 1. The molecule has 124 valence electrons. The van der Waals surface area contributed by atoms with E-state index in [2.05, 4.69) is 19.2 Å². The summed E-state index contributed by atoms with van der Waals surface area (Å²) in [7, 11) is 1.72. The van der Waals surface area contributed by atoms with Gasteiger partial charge in [-0.25, -0.2) is 4.79 Å². The van der Waals surface area contributed by atoms with E-state index < -0.39 is 5.60 Å². The molecule has 1 amide bonds. The van der Waals surface area contributed by atoms with E-state index in [1.807, 2.05) is 25.7 Å². The van der Waals surface area contributed by atoms with Crippen molar-refractivity contribution >= 4 is 6.09 Å². The van der Waals surface area contributed by atoms with Crippen LogP contribution in [0.15, 0.2) is 0 Å². The fraction of sp³-hybridized carbons (Fsp3) is 0.938. The van der Waals surface area contributed by atoms with Crippen LogP contribution in [0.4, 0.5) is 4.79 Å². The average molecular weight is 300 g/mol. The molecular weight excluding hydrogens is 268 g/mol. The highest BCUT2D eigenvalue weighted by Gasteiger charge is 2.32. The lowest BCUT2D eigenvalue weighted by molar-refractivity contribution is 0.0221. The summed E-state index contributed by atoms with van der Waals surface area (Å²) < 4.78 is 10.7. The van der Waals surface area contributed by atoms with Crippen LogP contribution in [0.1, 0.15) is 47.5 Å². The van der Waals surface area contributed by atoms with Crippen molar-refractivity contribution in [3.8, 4) is 0 Å². The Morgan fingerprint density at radius 2 is 2.05 bits per heavy atom. The molecule has 0 aromatic carbocycles. The van der Waals surface area contributed by atoms with Crippen molar-refractivity contribution in [2.45, 2.75) is 65.1 Å². The molecule has 0 bridgehead atoms. The van der Waals surface area contributed by atoms with E-state index in [1.54, 1.807) is 7.11 Å². The number of likely N-dealkylation sites (tertiary alicyclic amines) is 1. The Morgan fingerprint density at radius 1 is 1.38 bits per heavy atom. The number of hydrogen-bond acceptors (Lipinski definition) is 4. The third kappa shape index (κ3) is 6.22. The van der Waals surface area contributed by atoms with Crippen molar-refractivity contribution in [1.82, 2.24) is 10.2 Å². The van der Waals surface area contributed by atoms with Gasteiger partial charge in [0.1, 0.15) is 5.60 Å². The molecule has 0 spiro atoms. The molecule has 0 aromatic heterocycles. The first-order valence-corrected chi connectivity index (χ1v) is 7.96. The molecule has 1 saturated heterocycles. The first-order chi connectivity index (χ1) is 9.74. The molecule has 2 atom stereocenters. The Balaban J connectivity index is 2.51. The van der Waals surface area contributed by atoms with Crippen LogP contribution >= 0.6 is 0 Å². The maximum absolute atomic E-state index is 12.2. The minimum absolute atomic E-state index is 0.195. The first kappa shape index (κ1) is 18.2. The first-order valence-electron chi connectivity index (χ1n) is 7.96. The molecule has 5 nitrogen and oxygen atoms in total. The highest BCUT2D eigenvalue weighted by atomic mass is 16.6. The predicted octanol–water partition coefficient (Wildman–Crippen LogP) is 2.65. The number of rotatable bonds is 6. The number of carbonyl (C=O) groups excluding carboxylic acids is 1. The molecule has 1 N–H and O–H groups in total. The van der Waals surface area contributed by atoms with Crippen LogP contribution in [0.5, 0.6) is 0 Å². The second-order valence-corrected chi connectivity index (χ2v) is 7.18. The maximum Gasteiger partial charge on any atom is 0.410 e. The van der Waals surface area contributed by atoms with Crippen molar-refractivity contribution in [2.24, 2.45) is 5.92 Å². The Labute approximate surface area is 129 Å². The fourth-order valence-electron chi connectivity index (χ4n) is 2.56. The van der Waals surface area contributed by atoms with Gasteiger partial charge in [0.05, 0.1) is 6.61 Å². The molecule has 0 aliphatic carbocycles. The van der Waals surface area contributed by atoms with E-state index in [1.165, 1.54) is 0 Å². The van der Waals surface area contributed by atoms with E-state index in [0.29, 0.717) is 18.6 Å². The number of hydrogen-bond donors (Lipinski definition) is 1. The quantitative estimate of drug-likeness (QED) is 0.819. The van der Waals surface area contributed by atoms with Crippen molar-refractivity contribution < 1.29 is 14.3 Å². The molecule has 5 heteroatoms. The maximum atomic E-state index is 12.2. The van der Waals surface area contributed by atoms with Gasteiger partial charge in [-0.3, -0.25) is 0 Å². The Kier molecular flexibility index (Phi) is 6.94. The summed E-state index contributed by atoms with van der Waals surface area (Å²) in [6.07, 6.45) is 1.88. The largest absolute Gasteiger partial charge is 0.444 e. The highest BCUT2D eigenvalue weighted by molar-refractivity contribution is 5.69. The molecule has 1 aliphatic rings. The minimum atomic E-state index is -0.436. The minimum Gasteiger partial charge on any atom is -0.444 e. The van der Waals surface area contributed by atoms with Gasteiger partial charge in [0, 0.05) is 32.3 Å². The smallest absolute Gasteiger partial charge is 0.410 e. The van der Waals surface area contributed by atoms with Gasteiger partial charge in [0.15, 0.2) is 0 Å². The molecule has 0 aromatic rings. The van der Waals surface area contributed by atoms with Gasteiger partial charge in [0.25, 0.3) is 0 Å². The third-order valence-corrected chi connectivity index (χ3v) is 3.77. The van der Waals surface area contributed by atoms with Gasteiger partial charge in [-0.15, -0.1) is 0 Å². The van der Waals surface area contributed by atoms with Gasteiger partial charge in [-0.1, -0.05) is 13.8 Å². The van der Waals surface area contributed by atoms with Crippen LogP contribution in [-0.4, -0.2) is 55.5 Å². The van der Waals surface area contributed by atoms with Crippen LogP contribution in [0.2, 0.25) is 0 Å². The topological polar surface area (TPSA) is 50.8 Å². The van der Waals surface area contributed by atoms with Crippen LogP contribution < -0.4 is 5.32 Å². The molecule has 1 rings (SSSR count). The van der Waals surface area contributed by atoms with Crippen molar-refractivity contribution in [1.29, 1.82) is 0 Å². The van der Waals surface area contributed by atoms with Gasteiger partial charge >= 0.3 is 6.09 Å². The van der Waals surface area contributed by atoms with Gasteiger partial charge in [-0.05, 0) is 39.5 Å². The summed E-state index contributed by atoms with van der Waals surface area (Å²) in [4.78, 5) is 14.1. The standard InChI is InChI=1S/C16H32N2O3/c1-12(2)14(11-20-6)17-10-13-8-7-9-18(13)15(19)21-16(3,4)5/h12-14,17H,7-11H2,1-6H3. The van der Waals surface area contributed by atoms with Crippen LogP contribution in [0.3, 0.4) is 0 Å². The molecule has 0 saturated carbocycles. The van der Waals surface area contributed by atoms with Crippen LogP contribution in [0, 0.1) is 5.92 Å². The van der Waals surface area contributed by atoms with Crippen LogP contribution in [0.25, 0.3) is 0 Å². The molecule has 0 radical (unpaired) electrons. The van der Waals surface area contributed by atoms with E-state index in [4.69, 9.17) is 9.47 Å². The second-order valence-electron chi connectivity index (χ2n) is 7.18. The third-order valence-electron chi connectivity index (χ3n) is 3.77. The highest BCUT2D eigenvalue weighted by Crippen LogP contribution is 2.20. The normalized spacial score (nSPS) is 20.9. The number of methoxy groups -OCH3 is 1. The van der Waals surface area contributed by atoms with E-state index >= 15 is 0 Å². The van der Waals surface area contributed by atoms with E-state index in [0.717, 1.165) is 25.9 Å². The lowest BCUT2D eigenvalue weighted by atomic mass is 10.0. The molecule has 1 aliphatic heterocycles. The molecule has 1 heterocycles. The van der Waals surface area contributed by atoms with E-state index in [9.17, 15) is 4.79 Å². The van der Waals surface area contributed by atoms with Gasteiger partial charge in [-0.2, -0.15) is 0 Å². The van der Waals surface area contributed by atoms with Crippen molar-refractivity contribution in [3.63, 3.8) is 0 Å². The fourth-order valence-corrected chi connectivity index (χ4v) is 2.56. The second kappa shape index (κ2) is 7.99. The predicted molar refractivity (Wildman–Crippen MR) is 84.5 cm³/mol. The monoisotopic (exact) mass is 300 g/mol. The summed E-state index contributed by atoms with van der Waals surface area (Å²) in [6, 6.07) is 0.536. The summed E-state index contributed by atoms with van der Waals surface area (Å²) in [6.45, 7) is 12.3. The Hall–Kier alpha value is -0.810. The Morgan fingerprint density at radius 3 is 2.57 bits per heavy atom. The summed E-state index contributed by atoms with van der Waals surface area (Å²) in [5, 5.41) is 3.54. The lowest BCUT2D eigenvalue weighted by Crippen LogP contribution is -2.48. The summed E-state index contributed by atoms with van der Waals surface area (Å²) >= 11 is 0. The van der Waals surface area contributed by atoms with Gasteiger partial charge < -0.3 is 19.7 Å². The molecule has 1 fully saturated rings. The van der Waals surface area contributed by atoms with Gasteiger partial charge in [0.2, 0.25) is 0 Å².